The predicted molar refractivity (Wildman–Crippen MR) is 110 cm³/mol. The van der Waals surface area contributed by atoms with Crippen LogP contribution in [-0.4, -0.2) is 62.6 Å². The van der Waals surface area contributed by atoms with Gasteiger partial charge in [0.1, 0.15) is 6.04 Å². The number of hydrogen-bond donors (Lipinski definition) is 3. The van der Waals surface area contributed by atoms with Crippen molar-refractivity contribution in [3.05, 3.63) is 18.2 Å². The van der Waals surface area contributed by atoms with Crippen molar-refractivity contribution in [3.8, 4) is 0 Å². The summed E-state index contributed by atoms with van der Waals surface area (Å²) in [7, 11) is 0. The molecule has 0 aliphatic rings. The van der Waals surface area contributed by atoms with Crippen LogP contribution >= 0.6 is 0 Å². The van der Waals surface area contributed by atoms with E-state index in [0.29, 0.717) is 12.1 Å². The van der Waals surface area contributed by atoms with Gasteiger partial charge in [-0.3, -0.25) is 4.79 Å². The first kappa shape index (κ1) is 26.1. The molecule has 1 aromatic rings. The van der Waals surface area contributed by atoms with E-state index >= 15 is 0 Å². The van der Waals surface area contributed by atoms with E-state index in [-0.39, 0.29) is 41.9 Å². The third kappa shape index (κ3) is 13.9. The number of carbonyl (C=O) groups excluding carboxylic acids is 1. The van der Waals surface area contributed by atoms with E-state index in [1.165, 1.54) is 57.7 Å². The molecule has 1 rings (SSSR count). The number of unbranched alkanes of at least 4 members (excludes halogenated alkanes) is 10. The van der Waals surface area contributed by atoms with Crippen LogP contribution in [0.5, 0.6) is 0 Å². The summed E-state index contributed by atoms with van der Waals surface area (Å²) >= 11 is 0. The maximum absolute atomic E-state index is 11.9. The van der Waals surface area contributed by atoms with Gasteiger partial charge in [-0.2, -0.15) is 0 Å². The maximum atomic E-state index is 11.9. The van der Waals surface area contributed by atoms with Crippen molar-refractivity contribution in [3.63, 3.8) is 0 Å². The molecule has 6 nitrogen and oxygen atoms in total. The molecule has 0 unspecified atom stereocenters. The van der Waals surface area contributed by atoms with Gasteiger partial charge in [0.05, 0.1) is 6.33 Å². The molecule has 0 fully saturated rings. The molecule has 0 aliphatic carbocycles. The van der Waals surface area contributed by atoms with Gasteiger partial charge in [-0.25, -0.2) is 9.78 Å². The van der Waals surface area contributed by atoms with Crippen molar-refractivity contribution in [1.29, 1.82) is 0 Å². The fourth-order valence-corrected chi connectivity index (χ4v) is 3.03. The van der Waals surface area contributed by atoms with Gasteiger partial charge in [0.15, 0.2) is 0 Å². The fraction of sp³-hybridized carbons (Fsp3) is 0.750. The Morgan fingerprint density at radius 2 is 1.59 bits per heavy atom. The number of carboxylic acids is 1. The van der Waals surface area contributed by atoms with Gasteiger partial charge in [0.25, 0.3) is 0 Å². The van der Waals surface area contributed by atoms with Gasteiger partial charge in [-0.1, -0.05) is 71.1 Å². The van der Waals surface area contributed by atoms with Gasteiger partial charge in [-0.05, 0) is 6.42 Å². The molecule has 7 heteroatoms. The van der Waals surface area contributed by atoms with E-state index in [0.717, 1.165) is 19.3 Å². The third-order valence-corrected chi connectivity index (χ3v) is 4.62. The number of H-pyrrole nitrogens is 1. The standard InChI is InChI=1S/C20H35N3O3.Na.H/c1-2-3-4-5-6-7-8-9-10-11-12-13-19(24)23-18(20(25)26)14-17-15-21-16-22-17;;/h15-16,18H,2-14H2,1H3,(H,21,22)(H,23,24)(H,25,26);;/t18-;;/m0../s1. The summed E-state index contributed by atoms with van der Waals surface area (Å²) in [6.07, 6.45) is 17.2. The second-order valence-corrected chi connectivity index (χ2v) is 7.02. The molecule has 1 aromatic heterocycles. The summed E-state index contributed by atoms with van der Waals surface area (Å²) in [5.41, 5.74) is 0.701. The number of rotatable bonds is 16. The Labute approximate surface area is 185 Å². The molecule has 0 aromatic carbocycles. The van der Waals surface area contributed by atoms with Gasteiger partial charge in [0, 0.05) is 24.7 Å². The summed E-state index contributed by atoms with van der Waals surface area (Å²) in [6, 6.07) is -0.907. The van der Waals surface area contributed by atoms with E-state index in [9.17, 15) is 14.7 Å². The molecule has 27 heavy (non-hydrogen) atoms. The normalized spacial score (nSPS) is 11.6. The number of imidazole rings is 1. The second kappa shape index (κ2) is 17.3. The molecule has 3 N–H and O–H groups in total. The Balaban J connectivity index is 0.00000676. The molecular weight excluding hydrogens is 353 g/mol. The summed E-state index contributed by atoms with van der Waals surface area (Å²) in [5, 5.41) is 11.8. The Morgan fingerprint density at radius 1 is 1.04 bits per heavy atom. The summed E-state index contributed by atoms with van der Waals surface area (Å²) in [6.45, 7) is 2.24. The first-order chi connectivity index (χ1) is 12.6. The Bertz CT molecular complexity index is 495. The van der Waals surface area contributed by atoms with Crippen LogP contribution in [0.4, 0.5) is 0 Å². The second-order valence-electron chi connectivity index (χ2n) is 7.02. The molecule has 0 saturated carbocycles. The van der Waals surface area contributed by atoms with Gasteiger partial charge in [-0.15, -0.1) is 0 Å². The summed E-state index contributed by atoms with van der Waals surface area (Å²) < 4.78 is 0. The van der Waals surface area contributed by atoms with Crippen LogP contribution in [0.25, 0.3) is 0 Å². The zero-order valence-electron chi connectivity index (χ0n) is 16.1. The van der Waals surface area contributed by atoms with Crippen LogP contribution in [0.3, 0.4) is 0 Å². The van der Waals surface area contributed by atoms with Crippen molar-refractivity contribution >= 4 is 41.4 Å². The van der Waals surface area contributed by atoms with Crippen LogP contribution in [-0.2, 0) is 16.0 Å². The van der Waals surface area contributed by atoms with Gasteiger partial charge in [0.2, 0.25) is 5.91 Å². The van der Waals surface area contributed by atoms with E-state index in [1.807, 2.05) is 0 Å². The van der Waals surface area contributed by atoms with Crippen molar-refractivity contribution < 1.29 is 14.7 Å². The molecule has 1 amide bonds. The molecular formula is C20H36N3NaO3. The monoisotopic (exact) mass is 389 g/mol. The van der Waals surface area contributed by atoms with Gasteiger partial charge >= 0.3 is 35.5 Å². The van der Waals surface area contributed by atoms with Gasteiger partial charge < -0.3 is 15.4 Å². The number of carboxylic acid groups (broad SMARTS) is 1. The van der Waals surface area contributed by atoms with Crippen molar-refractivity contribution in [2.45, 2.75) is 96.4 Å². The zero-order chi connectivity index (χ0) is 19.0. The molecule has 1 heterocycles. The number of carbonyl (C=O) groups is 2. The quantitative estimate of drug-likeness (QED) is 0.297. The molecule has 0 spiro atoms. The molecule has 0 bridgehead atoms. The Kier molecular flexibility index (Phi) is 16.7. The van der Waals surface area contributed by atoms with Crippen LogP contribution < -0.4 is 5.32 Å². The summed E-state index contributed by atoms with van der Waals surface area (Å²) in [4.78, 5) is 29.9. The van der Waals surface area contributed by atoms with E-state index in [2.05, 4.69) is 22.2 Å². The Morgan fingerprint density at radius 3 is 2.07 bits per heavy atom. The predicted octanol–water partition coefficient (Wildman–Crippen LogP) is 3.57. The van der Waals surface area contributed by atoms with E-state index < -0.39 is 12.0 Å². The minimum absolute atomic E-state index is 0. The Hall–Kier alpha value is -0.850. The average Bonchev–Trinajstić information content (AvgIpc) is 3.12. The molecule has 0 saturated heterocycles. The van der Waals surface area contributed by atoms with Crippen LogP contribution in [0, 0.1) is 0 Å². The van der Waals surface area contributed by atoms with Crippen molar-refractivity contribution in [2.24, 2.45) is 0 Å². The fourth-order valence-electron chi connectivity index (χ4n) is 3.03. The van der Waals surface area contributed by atoms with E-state index in [1.54, 1.807) is 6.20 Å². The molecule has 0 radical (unpaired) electrons. The number of nitrogens with zero attached hydrogens (tertiary/aromatic N) is 1. The van der Waals surface area contributed by atoms with Crippen molar-refractivity contribution in [1.82, 2.24) is 15.3 Å². The SMILES string of the molecule is CCCCCCCCCCCCCC(=O)N[C@@H](Cc1cnc[nH]1)C(=O)O.[NaH]. The molecule has 150 valence electrons. The number of aliphatic carboxylic acids is 1. The number of aromatic amines is 1. The van der Waals surface area contributed by atoms with Crippen LogP contribution in [0.1, 0.15) is 89.7 Å². The number of aromatic nitrogens is 2. The molecule has 1 atom stereocenters. The average molecular weight is 390 g/mol. The van der Waals surface area contributed by atoms with Crippen LogP contribution in [0.2, 0.25) is 0 Å². The first-order valence-electron chi connectivity index (χ1n) is 10.1. The zero-order valence-corrected chi connectivity index (χ0v) is 16.1. The van der Waals surface area contributed by atoms with Crippen molar-refractivity contribution in [2.75, 3.05) is 0 Å². The number of amides is 1. The molecule has 0 aliphatic heterocycles. The topological polar surface area (TPSA) is 95.1 Å². The summed E-state index contributed by atoms with van der Waals surface area (Å²) in [5.74, 6) is -1.21. The third-order valence-electron chi connectivity index (χ3n) is 4.62. The van der Waals surface area contributed by atoms with E-state index in [4.69, 9.17) is 0 Å². The number of hydrogen-bond acceptors (Lipinski definition) is 3. The van der Waals surface area contributed by atoms with Crippen LogP contribution in [0.15, 0.2) is 12.5 Å². The first-order valence-corrected chi connectivity index (χ1v) is 10.1. The minimum atomic E-state index is -1.02. The number of nitrogens with one attached hydrogen (secondary N) is 2.